The van der Waals surface area contributed by atoms with Crippen LogP contribution in [0.15, 0.2) is 28.7 Å². The quantitative estimate of drug-likeness (QED) is 0.648. The van der Waals surface area contributed by atoms with Crippen LogP contribution in [0.1, 0.15) is 16.7 Å². The summed E-state index contributed by atoms with van der Waals surface area (Å²) < 4.78 is 28.3. The van der Waals surface area contributed by atoms with E-state index in [9.17, 15) is 8.78 Å². The number of rotatable bonds is 2. The number of nitrogen functional groups attached to an aromatic ring is 1. The Labute approximate surface area is 130 Å². The van der Waals surface area contributed by atoms with Gasteiger partial charge in [-0.15, -0.1) is 0 Å². The third-order valence-electron chi connectivity index (χ3n) is 3.95. The van der Waals surface area contributed by atoms with Crippen LogP contribution in [0.4, 0.5) is 20.2 Å². The molecule has 110 valence electrons. The molecule has 0 saturated heterocycles. The Bertz CT molecular complexity index is 716. The van der Waals surface area contributed by atoms with Crippen molar-refractivity contribution < 1.29 is 8.78 Å². The summed E-state index contributed by atoms with van der Waals surface area (Å²) in [6.07, 6.45) is 0.869. The molecule has 1 heterocycles. The minimum absolute atomic E-state index is 0.0800. The zero-order chi connectivity index (χ0) is 15.1. The molecule has 0 atom stereocenters. The lowest BCUT2D eigenvalue weighted by Gasteiger charge is -2.21. The standard InChI is InChI=1S/C16H15BrF2N2/c1-9-6-10-4-5-21(15(10)7-14(9)20)8-11-13(18)3-2-12(17)16(11)19/h2-3,6-7H,4-5,8,20H2,1H3. The fourth-order valence-corrected chi connectivity index (χ4v) is 3.08. The van der Waals surface area contributed by atoms with Crippen LogP contribution in [0.25, 0.3) is 0 Å². The summed E-state index contributed by atoms with van der Waals surface area (Å²) in [5, 5.41) is 0. The van der Waals surface area contributed by atoms with E-state index < -0.39 is 11.6 Å². The Morgan fingerprint density at radius 2 is 2.05 bits per heavy atom. The molecule has 2 aromatic rings. The second-order valence-electron chi connectivity index (χ2n) is 5.33. The lowest BCUT2D eigenvalue weighted by Crippen LogP contribution is -2.21. The minimum Gasteiger partial charge on any atom is -0.398 e. The molecule has 5 heteroatoms. The van der Waals surface area contributed by atoms with Crippen LogP contribution in [-0.2, 0) is 13.0 Å². The van der Waals surface area contributed by atoms with Gasteiger partial charge in [-0.1, -0.05) is 6.07 Å². The molecule has 3 rings (SSSR count). The van der Waals surface area contributed by atoms with Crippen molar-refractivity contribution >= 4 is 27.3 Å². The lowest BCUT2D eigenvalue weighted by molar-refractivity contribution is 0.547. The molecule has 0 aliphatic carbocycles. The molecule has 0 aromatic heterocycles. The van der Waals surface area contributed by atoms with E-state index in [-0.39, 0.29) is 16.6 Å². The van der Waals surface area contributed by atoms with Gasteiger partial charge in [-0.25, -0.2) is 8.78 Å². The molecule has 0 fully saturated rings. The van der Waals surface area contributed by atoms with Crippen molar-refractivity contribution in [1.29, 1.82) is 0 Å². The Morgan fingerprint density at radius 1 is 1.29 bits per heavy atom. The SMILES string of the molecule is Cc1cc2c(cc1N)N(Cc1c(F)ccc(Br)c1F)CC2. The predicted molar refractivity (Wildman–Crippen MR) is 84.4 cm³/mol. The van der Waals surface area contributed by atoms with Gasteiger partial charge in [0.25, 0.3) is 0 Å². The van der Waals surface area contributed by atoms with Gasteiger partial charge >= 0.3 is 0 Å². The molecule has 2 nitrogen and oxygen atoms in total. The minimum atomic E-state index is -0.538. The second-order valence-corrected chi connectivity index (χ2v) is 6.19. The number of benzene rings is 2. The van der Waals surface area contributed by atoms with Gasteiger partial charge in [0.1, 0.15) is 11.6 Å². The monoisotopic (exact) mass is 352 g/mol. The molecule has 0 saturated carbocycles. The average molecular weight is 353 g/mol. The Kier molecular flexibility index (Phi) is 3.61. The highest BCUT2D eigenvalue weighted by Crippen LogP contribution is 2.34. The number of anilines is 2. The van der Waals surface area contributed by atoms with Gasteiger partial charge < -0.3 is 10.6 Å². The molecular formula is C16H15BrF2N2. The first kappa shape index (κ1) is 14.3. The van der Waals surface area contributed by atoms with Crippen LogP contribution >= 0.6 is 15.9 Å². The van der Waals surface area contributed by atoms with Crippen LogP contribution in [0.3, 0.4) is 0 Å². The van der Waals surface area contributed by atoms with E-state index in [0.717, 1.165) is 24.2 Å². The van der Waals surface area contributed by atoms with E-state index in [0.29, 0.717) is 5.69 Å². The zero-order valence-electron chi connectivity index (χ0n) is 11.6. The van der Waals surface area contributed by atoms with Crippen molar-refractivity contribution in [3.63, 3.8) is 0 Å². The number of aryl methyl sites for hydroxylation is 1. The van der Waals surface area contributed by atoms with Gasteiger partial charge in [0.2, 0.25) is 0 Å². The molecule has 2 N–H and O–H groups in total. The third-order valence-corrected chi connectivity index (χ3v) is 4.56. The second kappa shape index (κ2) is 5.30. The van der Waals surface area contributed by atoms with E-state index in [2.05, 4.69) is 22.0 Å². The van der Waals surface area contributed by atoms with E-state index in [1.165, 1.54) is 17.7 Å². The van der Waals surface area contributed by atoms with Gasteiger partial charge in [-0.2, -0.15) is 0 Å². The number of nitrogens with zero attached hydrogens (tertiary/aromatic N) is 1. The molecule has 0 bridgehead atoms. The van der Waals surface area contributed by atoms with Crippen LogP contribution in [0.2, 0.25) is 0 Å². The van der Waals surface area contributed by atoms with Crippen molar-refractivity contribution in [3.05, 3.63) is 57.1 Å². The number of fused-ring (bicyclic) bond motifs is 1. The summed E-state index contributed by atoms with van der Waals surface area (Å²) in [6.45, 7) is 2.90. The van der Waals surface area contributed by atoms with Crippen LogP contribution in [-0.4, -0.2) is 6.54 Å². The summed E-state index contributed by atoms with van der Waals surface area (Å²) >= 11 is 3.10. The molecule has 0 amide bonds. The lowest BCUT2D eigenvalue weighted by atomic mass is 10.1. The molecular weight excluding hydrogens is 338 g/mol. The highest BCUT2D eigenvalue weighted by Gasteiger charge is 2.23. The highest BCUT2D eigenvalue weighted by atomic mass is 79.9. The molecule has 1 aliphatic rings. The van der Waals surface area contributed by atoms with Crippen molar-refractivity contribution in [2.45, 2.75) is 19.9 Å². The number of hydrogen-bond acceptors (Lipinski definition) is 2. The molecule has 0 unspecified atom stereocenters. The van der Waals surface area contributed by atoms with Gasteiger partial charge in [-0.3, -0.25) is 0 Å². The van der Waals surface area contributed by atoms with Gasteiger partial charge in [0.15, 0.2) is 0 Å². The maximum atomic E-state index is 14.1. The van der Waals surface area contributed by atoms with Crippen LogP contribution in [0, 0.1) is 18.6 Å². The number of nitrogens with two attached hydrogens (primary N) is 1. The third kappa shape index (κ3) is 2.50. The molecule has 2 aromatic carbocycles. The summed E-state index contributed by atoms with van der Waals surface area (Å²) in [5.74, 6) is -1.06. The number of halogens is 3. The first-order valence-corrected chi connectivity index (χ1v) is 7.53. The van der Waals surface area contributed by atoms with Crippen molar-refractivity contribution in [2.75, 3.05) is 17.2 Å². The van der Waals surface area contributed by atoms with Crippen LogP contribution < -0.4 is 10.6 Å². The largest absolute Gasteiger partial charge is 0.398 e. The molecule has 1 aliphatic heterocycles. The predicted octanol–water partition coefficient (Wildman–Crippen LogP) is 4.18. The van der Waals surface area contributed by atoms with E-state index >= 15 is 0 Å². The summed E-state index contributed by atoms with van der Waals surface area (Å²) in [7, 11) is 0. The molecule has 0 radical (unpaired) electrons. The summed E-state index contributed by atoms with van der Waals surface area (Å²) in [6, 6.07) is 6.61. The average Bonchev–Trinajstić information content (AvgIpc) is 2.82. The van der Waals surface area contributed by atoms with E-state index in [1.54, 1.807) is 0 Å². The number of hydrogen-bond donors (Lipinski definition) is 1. The van der Waals surface area contributed by atoms with Crippen molar-refractivity contribution in [3.8, 4) is 0 Å². The van der Waals surface area contributed by atoms with Crippen molar-refractivity contribution in [2.24, 2.45) is 0 Å². The molecule has 21 heavy (non-hydrogen) atoms. The normalized spacial score (nSPS) is 13.6. The fraction of sp³-hybridized carbons (Fsp3) is 0.250. The smallest absolute Gasteiger partial charge is 0.145 e. The maximum Gasteiger partial charge on any atom is 0.145 e. The van der Waals surface area contributed by atoms with Crippen molar-refractivity contribution in [1.82, 2.24) is 0 Å². The van der Waals surface area contributed by atoms with E-state index in [4.69, 9.17) is 5.73 Å². The van der Waals surface area contributed by atoms with Gasteiger partial charge in [0.05, 0.1) is 4.47 Å². The highest BCUT2D eigenvalue weighted by molar-refractivity contribution is 9.10. The zero-order valence-corrected chi connectivity index (χ0v) is 13.2. The Morgan fingerprint density at radius 3 is 2.81 bits per heavy atom. The fourth-order valence-electron chi connectivity index (χ4n) is 2.71. The first-order chi connectivity index (χ1) is 9.97. The molecule has 0 spiro atoms. The van der Waals surface area contributed by atoms with Gasteiger partial charge in [0, 0.05) is 30.0 Å². The Balaban J connectivity index is 1.96. The maximum absolute atomic E-state index is 14.1. The topological polar surface area (TPSA) is 29.3 Å². The van der Waals surface area contributed by atoms with Crippen LogP contribution in [0.5, 0.6) is 0 Å². The Hall–Kier alpha value is -1.62. The van der Waals surface area contributed by atoms with Gasteiger partial charge in [-0.05, 0) is 58.6 Å². The first-order valence-electron chi connectivity index (χ1n) is 6.73. The summed E-state index contributed by atoms with van der Waals surface area (Å²) in [4.78, 5) is 1.97. The van der Waals surface area contributed by atoms with E-state index in [1.807, 2.05) is 17.9 Å². The summed E-state index contributed by atoms with van der Waals surface area (Å²) in [5.41, 5.74) is 9.92.